The van der Waals surface area contributed by atoms with Gasteiger partial charge in [-0.3, -0.25) is 0 Å². The third-order valence-electron chi connectivity index (χ3n) is 2.34. The molecule has 0 aliphatic heterocycles. The molecule has 0 aliphatic rings. The SMILES string of the molecule is CC=C[C@@H](O)[C@H](C)C(O)C(C)CO. The minimum absolute atomic E-state index is 0.0614. The first-order valence-electron chi connectivity index (χ1n) is 4.64. The Bertz CT molecular complexity index is 156. The van der Waals surface area contributed by atoms with Crippen LogP contribution in [0.5, 0.6) is 0 Å². The Hall–Kier alpha value is -0.380. The Morgan fingerprint density at radius 2 is 1.77 bits per heavy atom. The number of rotatable bonds is 5. The Kier molecular flexibility index (Phi) is 5.95. The lowest BCUT2D eigenvalue weighted by molar-refractivity contribution is -0.00417. The van der Waals surface area contributed by atoms with Crippen molar-refractivity contribution in [1.29, 1.82) is 0 Å². The van der Waals surface area contributed by atoms with Crippen molar-refractivity contribution < 1.29 is 15.3 Å². The normalized spacial score (nSPS) is 21.4. The molecule has 0 fully saturated rings. The van der Waals surface area contributed by atoms with E-state index >= 15 is 0 Å². The van der Waals surface area contributed by atoms with E-state index in [0.717, 1.165) is 0 Å². The molecule has 0 radical (unpaired) electrons. The van der Waals surface area contributed by atoms with Crippen molar-refractivity contribution in [3.8, 4) is 0 Å². The van der Waals surface area contributed by atoms with Gasteiger partial charge in [-0.25, -0.2) is 0 Å². The molecule has 78 valence electrons. The molecule has 3 heteroatoms. The van der Waals surface area contributed by atoms with Crippen LogP contribution in [0.2, 0.25) is 0 Å². The molecule has 0 bridgehead atoms. The van der Waals surface area contributed by atoms with E-state index in [1.807, 2.05) is 6.92 Å². The van der Waals surface area contributed by atoms with Crippen molar-refractivity contribution in [1.82, 2.24) is 0 Å². The molecule has 3 N–H and O–H groups in total. The fourth-order valence-corrected chi connectivity index (χ4v) is 1.20. The van der Waals surface area contributed by atoms with Gasteiger partial charge in [0.1, 0.15) is 0 Å². The molecule has 0 aromatic rings. The Morgan fingerprint density at radius 1 is 1.23 bits per heavy atom. The van der Waals surface area contributed by atoms with Crippen LogP contribution in [0.15, 0.2) is 12.2 Å². The van der Waals surface area contributed by atoms with E-state index in [1.165, 1.54) is 0 Å². The van der Waals surface area contributed by atoms with Crippen LogP contribution in [0.3, 0.4) is 0 Å². The highest BCUT2D eigenvalue weighted by Crippen LogP contribution is 2.16. The molecule has 0 aromatic carbocycles. The molecule has 13 heavy (non-hydrogen) atoms. The van der Waals surface area contributed by atoms with Gasteiger partial charge in [0, 0.05) is 18.4 Å². The van der Waals surface area contributed by atoms with E-state index in [4.69, 9.17) is 5.11 Å². The third-order valence-corrected chi connectivity index (χ3v) is 2.34. The predicted molar refractivity (Wildman–Crippen MR) is 52.2 cm³/mol. The second-order valence-corrected chi connectivity index (χ2v) is 3.53. The molecule has 4 atom stereocenters. The van der Waals surface area contributed by atoms with Gasteiger partial charge in [-0.2, -0.15) is 0 Å². The number of aliphatic hydroxyl groups is 3. The summed E-state index contributed by atoms with van der Waals surface area (Å²) < 4.78 is 0. The zero-order valence-corrected chi connectivity index (χ0v) is 8.51. The largest absolute Gasteiger partial charge is 0.396 e. The molecule has 3 nitrogen and oxygen atoms in total. The highest BCUT2D eigenvalue weighted by molar-refractivity contribution is 4.91. The molecule has 0 spiro atoms. The molecule has 0 saturated carbocycles. The highest BCUT2D eigenvalue weighted by atomic mass is 16.3. The molecule has 0 amide bonds. The van der Waals surface area contributed by atoms with Gasteiger partial charge in [-0.15, -0.1) is 0 Å². The predicted octanol–water partition coefficient (Wildman–Crippen LogP) is 0.549. The highest BCUT2D eigenvalue weighted by Gasteiger charge is 2.24. The van der Waals surface area contributed by atoms with Gasteiger partial charge in [0.25, 0.3) is 0 Å². The first kappa shape index (κ1) is 12.6. The lowest BCUT2D eigenvalue weighted by Gasteiger charge is -2.25. The minimum Gasteiger partial charge on any atom is -0.396 e. The zero-order chi connectivity index (χ0) is 10.4. The van der Waals surface area contributed by atoms with Gasteiger partial charge in [-0.05, 0) is 6.92 Å². The second kappa shape index (κ2) is 6.13. The average molecular weight is 188 g/mol. The lowest BCUT2D eigenvalue weighted by atomic mass is 9.89. The van der Waals surface area contributed by atoms with Gasteiger partial charge in [0.2, 0.25) is 0 Å². The van der Waals surface area contributed by atoms with Crippen LogP contribution in [-0.4, -0.2) is 34.1 Å². The topological polar surface area (TPSA) is 60.7 Å². The van der Waals surface area contributed by atoms with Crippen LogP contribution in [0.25, 0.3) is 0 Å². The maximum absolute atomic E-state index is 9.63. The van der Waals surface area contributed by atoms with Gasteiger partial charge in [0.05, 0.1) is 12.2 Å². The quantitative estimate of drug-likeness (QED) is 0.552. The summed E-state index contributed by atoms with van der Waals surface area (Å²) in [6.07, 6.45) is 2.07. The standard InChI is InChI=1S/C10H20O3/c1-4-5-9(12)8(3)10(13)7(2)6-11/h4-5,7-13H,6H2,1-3H3/t7?,8-,9+,10?/m0/s1. The fraction of sp³-hybridized carbons (Fsp3) is 0.800. The molecular weight excluding hydrogens is 168 g/mol. The number of hydrogen-bond donors (Lipinski definition) is 3. The maximum atomic E-state index is 9.63. The Labute approximate surface area is 79.7 Å². The van der Waals surface area contributed by atoms with Crippen molar-refractivity contribution in [3.63, 3.8) is 0 Å². The van der Waals surface area contributed by atoms with Gasteiger partial charge in [0.15, 0.2) is 0 Å². The van der Waals surface area contributed by atoms with Crippen LogP contribution < -0.4 is 0 Å². The summed E-state index contributed by atoms with van der Waals surface area (Å²) in [5.41, 5.74) is 0. The van der Waals surface area contributed by atoms with Gasteiger partial charge < -0.3 is 15.3 Å². The Balaban J connectivity index is 4.15. The van der Waals surface area contributed by atoms with Gasteiger partial charge >= 0.3 is 0 Å². The number of allylic oxidation sites excluding steroid dienone is 1. The average Bonchev–Trinajstić information content (AvgIpc) is 2.14. The van der Waals surface area contributed by atoms with Crippen molar-refractivity contribution in [2.45, 2.75) is 33.0 Å². The molecule has 0 aliphatic carbocycles. The monoisotopic (exact) mass is 188 g/mol. The minimum atomic E-state index is -0.670. The maximum Gasteiger partial charge on any atom is 0.0771 e. The summed E-state index contributed by atoms with van der Waals surface area (Å²) in [5, 5.41) is 27.9. The van der Waals surface area contributed by atoms with Crippen LogP contribution in [0.1, 0.15) is 20.8 Å². The zero-order valence-electron chi connectivity index (χ0n) is 8.51. The molecule has 0 saturated heterocycles. The fourth-order valence-electron chi connectivity index (χ4n) is 1.20. The van der Waals surface area contributed by atoms with Crippen LogP contribution in [0, 0.1) is 11.8 Å². The van der Waals surface area contributed by atoms with Gasteiger partial charge in [-0.1, -0.05) is 26.0 Å². The summed E-state index contributed by atoms with van der Waals surface area (Å²) in [6, 6.07) is 0. The van der Waals surface area contributed by atoms with E-state index in [9.17, 15) is 10.2 Å². The molecule has 0 aromatic heterocycles. The molecule has 0 heterocycles. The van der Waals surface area contributed by atoms with E-state index in [-0.39, 0.29) is 18.4 Å². The van der Waals surface area contributed by atoms with E-state index in [0.29, 0.717) is 0 Å². The summed E-state index contributed by atoms with van der Waals surface area (Å²) >= 11 is 0. The lowest BCUT2D eigenvalue weighted by Crippen LogP contribution is -2.34. The second-order valence-electron chi connectivity index (χ2n) is 3.53. The van der Waals surface area contributed by atoms with E-state index in [1.54, 1.807) is 26.0 Å². The van der Waals surface area contributed by atoms with Crippen LogP contribution in [-0.2, 0) is 0 Å². The smallest absolute Gasteiger partial charge is 0.0771 e. The summed E-state index contributed by atoms with van der Waals surface area (Å²) in [7, 11) is 0. The summed E-state index contributed by atoms with van der Waals surface area (Å²) in [4.78, 5) is 0. The molecule has 0 rings (SSSR count). The molecular formula is C10H20O3. The van der Waals surface area contributed by atoms with E-state index in [2.05, 4.69) is 0 Å². The Morgan fingerprint density at radius 3 is 2.15 bits per heavy atom. The summed E-state index contributed by atoms with van der Waals surface area (Å²) in [6.45, 7) is 5.27. The first-order chi connectivity index (χ1) is 6.04. The van der Waals surface area contributed by atoms with Crippen molar-refractivity contribution in [2.75, 3.05) is 6.61 Å². The summed E-state index contributed by atoms with van der Waals surface area (Å²) in [5.74, 6) is -0.451. The number of aliphatic hydroxyl groups excluding tert-OH is 3. The van der Waals surface area contributed by atoms with Crippen molar-refractivity contribution >= 4 is 0 Å². The third kappa shape index (κ3) is 3.89. The van der Waals surface area contributed by atoms with E-state index < -0.39 is 12.2 Å². The van der Waals surface area contributed by atoms with Crippen molar-refractivity contribution in [3.05, 3.63) is 12.2 Å². The van der Waals surface area contributed by atoms with Crippen LogP contribution >= 0.6 is 0 Å². The first-order valence-corrected chi connectivity index (χ1v) is 4.64. The van der Waals surface area contributed by atoms with Crippen LogP contribution in [0.4, 0.5) is 0 Å². The van der Waals surface area contributed by atoms with Crippen molar-refractivity contribution in [2.24, 2.45) is 11.8 Å². The molecule has 2 unspecified atom stereocenters. The number of hydrogen-bond acceptors (Lipinski definition) is 3.